The van der Waals surface area contributed by atoms with Crippen molar-refractivity contribution in [2.75, 3.05) is 18.9 Å². The third-order valence-corrected chi connectivity index (χ3v) is 3.55. The fraction of sp³-hybridized carbons (Fsp3) is 0.250. The van der Waals surface area contributed by atoms with Crippen molar-refractivity contribution in [2.45, 2.75) is 13.0 Å². The fourth-order valence-corrected chi connectivity index (χ4v) is 2.50. The van der Waals surface area contributed by atoms with E-state index in [0.29, 0.717) is 6.54 Å². The topological polar surface area (TPSA) is 45.2 Å². The van der Waals surface area contributed by atoms with Crippen LogP contribution in [0, 0.1) is 0 Å². The number of aromatic nitrogens is 1. The Morgan fingerprint density at radius 1 is 1.40 bits per heavy atom. The molecule has 1 aromatic heterocycles. The van der Waals surface area contributed by atoms with Crippen molar-refractivity contribution in [2.24, 2.45) is 0 Å². The first-order valence-corrected chi connectivity index (χ1v) is 6.75. The van der Waals surface area contributed by atoms with Gasteiger partial charge in [-0.2, -0.15) is 0 Å². The van der Waals surface area contributed by atoms with E-state index in [1.165, 1.54) is 5.56 Å². The lowest BCUT2D eigenvalue weighted by atomic mass is 10.1. The highest BCUT2D eigenvalue weighted by Crippen LogP contribution is 2.23. The van der Waals surface area contributed by atoms with E-state index in [0.717, 1.165) is 29.8 Å². The monoisotopic (exact) mass is 267 g/mol. The van der Waals surface area contributed by atoms with E-state index < -0.39 is 0 Å². The molecule has 0 bridgehead atoms. The molecule has 0 radical (unpaired) electrons. The first-order chi connectivity index (χ1) is 9.74. The Bertz CT molecular complexity index is 625. The third-order valence-electron chi connectivity index (χ3n) is 3.55. The maximum absolute atomic E-state index is 12.4. The van der Waals surface area contributed by atoms with E-state index in [1.54, 1.807) is 17.3 Å². The molecule has 2 heterocycles. The van der Waals surface area contributed by atoms with Gasteiger partial charge in [0.25, 0.3) is 5.91 Å². The van der Waals surface area contributed by atoms with Crippen LogP contribution in [-0.4, -0.2) is 29.4 Å². The van der Waals surface area contributed by atoms with Crippen molar-refractivity contribution in [3.05, 3.63) is 59.4 Å². The number of pyridine rings is 1. The van der Waals surface area contributed by atoms with Gasteiger partial charge in [0.05, 0.1) is 0 Å². The summed E-state index contributed by atoms with van der Waals surface area (Å²) in [7, 11) is 1.82. The highest BCUT2D eigenvalue weighted by atomic mass is 16.2. The average molecular weight is 267 g/mol. The molecule has 0 unspecified atom stereocenters. The smallest absolute Gasteiger partial charge is 0.253 e. The van der Waals surface area contributed by atoms with Crippen molar-refractivity contribution in [3.8, 4) is 0 Å². The molecular formula is C16H17N3O. The van der Waals surface area contributed by atoms with Crippen molar-refractivity contribution < 1.29 is 4.79 Å². The van der Waals surface area contributed by atoms with Crippen LogP contribution < -0.4 is 5.32 Å². The van der Waals surface area contributed by atoms with Crippen LogP contribution in [-0.2, 0) is 13.0 Å². The molecule has 3 rings (SSSR count). The summed E-state index contributed by atoms with van der Waals surface area (Å²) in [5, 5.41) is 3.30. The molecule has 102 valence electrons. The Labute approximate surface area is 118 Å². The summed E-state index contributed by atoms with van der Waals surface area (Å²) in [6.45, 7) is 1.53. The van der Waals surface area contributed by atoms with E-state index in [9.17, 15) is 4.79 Å². The Morgan fingerprint density at radius 2 is 2.30 bits per heavy atom. The van der Waals surface area contributed by atoms with Crippen LogP contribution in [0.5, 0.6) is 0 Å². The summed E-state index contributed by atoms with van der Waals surface area (Å²) in [4.78, 5) is 18.2. The van der Waals surface area contributed by atoms with Crippen molar-refractivity contribution in [1.29, 1.82) is 0 Å². The fourth-order valence-electron chi connectivity index (χ4n) is 2.50. The Balaban J connectivity index is 1.75. The summed E-state index contributed by atoms with van der Waals surface area (Å²) in [6, 6.07) is 9.74. The molecule has 1 amide bonds. The molecule has 20 heavy (non-hydrogen) atoms. The van der Waals surface area contributed by atoms with Gasteiger partial charge < -0.3 is 10.2 Å². The Kier molecular flexibility index (Phi) is 3.37. The molecule has 0 fully saturated rings. The first kappa shape index (κ1) is 12.7. The van der Waals surface area contributed by atoms with Crippen molar-refractivity contribution in [3.63, 3.8) is 0 Å². The van der Waals surface area contributed by atoms with Crippen LogP contribution >= 0.6 is 0 Å². The molecule has 4 heteroatoms. The number of nitrogens with zero attached hydrogens (tertiary/aromatic N) is 2. The minimum atomic E-state index is 0.0450. The number of rotatable bonds is 3. The van der Waals surface area contributed by atoms with Gasteiger partial charge in [-0.25, -0.2) is 0 Å². The molecular weight excluding hydrogens is 250 g/mol. The molecule has 1 N–H and O–H groups in total. The number of benzene rings is 1. The summed E-state index contributed by atoms with van der Waals surface area (Å²) in [5.41, 5.74) is 4.16. The number of fused-ring (bicyclic) bond motifs is 1. The second kappa shape index (κ2) is 5.33. The van der Waals surface area contributed by atoms with Gasteiger partial charge in [-0.1, -0.05) is 6.07 Å². The highest BCUT2D eigenvalue weighted by Gasteiger charge is 2.16. The lowest BCUT2D eigenvalue weighted by Gasteiger charge is -2.17. The average Bonchev–Trinajstić information content (AvgIpc) is 2.94. The summed E-state index contributed by atoms with van der Waals surface area (Å²) in [6.07, 6.45) is 4.51. The highest BCUT2D eigenvalue weighted by molar-refractivity contribution is 5.94. The van der Waals surface area contributed by atoms with Gasteiger partial charge in [-0.15, -0.1) is 0 Å². The number of carbonyl (C=O) groups excluding carboxylic acids is 1. The molecule has 0 saturated heterocycles. The molecule has 1 aromatic carbocycles. The van der Waals surface area contributed by atoms with Crippen LogP contribution in [0.4, 0.5) is 5.69 Å². The van der Waals surface area contributed by atoms with Crippen LogP contribution in [0.15, 0.2) is 42.7 Å². The third kappa shape index (κ3) is 2.50. The maximum atomic E-state index is 12.4. The van der Waals surface area contributed by atoms with E-state index in [1.807, 2.05) is 37.4 Å². The maximum Gasteiger partial charge on any atom is 0.253 e. The van der Waals surface area contributed by atoms with Crippen LogP contribution in [0.3, 0.4) is 0 Å². The summed E-state index contributed by atoms with van der Waals surface area (Å²) >= 11 is 0. The SMILES string of the molecule is CN(Cc1cccnc1)C(=O)c1ccc2c(c1)CCN2. The number of nitrogens with one attached hydrogen (secondary N) is 1. The molecule has 4 nitrogen and oxygen atoms in total. The molecule has 0 atom stereocenters. The second-order valence-corrected chi connectivity index (χ2v) is 5.07. The molecule has 0 aliphatic carbocycles. The number of anilines is 1. The van der Waals surface area contributed by atoms with Gasteiger partial charge in [-0.05, 0) is 41.8 Å². The molecule has 1 aliphatic rings. The zero-order chi connectivity index (χ0) is 13.9. The van der Waals surface area contributed by atoms with E-state index in [2.05, 4.69) is 10.3 Å². The zero-order valence-electron chi connectivity index (χ0n) is 11.5. The Morgan fingerprint density at radius 3 is 3.10 bits per heavy atom. The van der Waals surface area contributed by atoms with Gasteiger partial charge in [0.1, 0.15) is 0 Å². The molecule has 0 spiro atoms. The number of carbonyl (C=O) groups is 1. The first-order valence-electron chi connectivity index (χ1n) is 6.75. The normalized spacial score (nSPS) is 12.7. The van der Waals surface area contributed by atoms with E-state index in [-0.39, 0.29) is 5.91 Å². The summed E-state index contributed by atoms with van der Waals surface area (Å²) < 4.78 is 0. The molecule has 1 aliphatic heterocycles. The van der Waals surface area contributed by atoms with Gasteiger partial charge in [0.15, 0.2) is 0 Å². The van der Waals surface area contributed by atoms with Gasteiger partial charge in [0, 0.05) is 43.8 Å². The van der Waals surface area contributed by atoms with Crippen molar-refractivity contribution in [1.82, 2.24) is 9.88 Å². The van der Waals surface area contributed by atoms with Gasteiger partial charge in [-0.3, -0.25) is 9.78 Å². The summed E-state index contributed by atoms with van der Waals surface area (Å²) in [5.74, 6) is 0.0450. The minimum Gasteiger partial charge on any atom is -0.384 e. The lowest BCUT2D eigenvalue weighted by Crippen LogP contribution is -2.26. The van der Waals surface area contributed by atoms with E-state index >= 15 is 0 Å². The largest absolute Gasteiger partial charge is 0.384 e. The quantitative estimate of drug-likeness (QED) is 0.928. The lowest BCUT2D eigenvalue weighted by molar-refractivity contribution is 0.0785. The number of amides is 1. The van der Waals surface area contributed by atoms with Crippen LogP contribution in [0.1, 0.15) is 21.5 Å². The standard InChI is InChI=1S/C16H17N3O/c1-19(11-12-3-2-7-17-10-12)16(20)14-4-5-15-13(9-14)6-8-18-15/h2-5,7,9-10,18H,6,8,11H2,1H3. The molecule has 0 saturated carbocycles. The second-order valence-electron chi connectivity index (χ2n) is 5.07. The van der Waals surface area contributed by atoms with Crippen LogP contribution in [0.2, 0.25) is 0 Å². The molecule has 2 aromatic rings. The predicted molar refractivity (Wildman–Crippen MR) is 78.7 cm³/mol. The number of hydrogen-bond acceptors (Lipinski definition) is 3. The Hall–Kier alpha value is -2.36. The number of hydrogen-bond donors (Lipinski definition) is 1. The zero-order valence-corrected chi connectivity index (χ0v) is 11.5. The minimum absolute atomic E-state index is 0.0450. The van der Waals surface area contributed by atoms with Gasteiger partial charge >= 0.3 is 0 Å². The van der Waals surface area contributed by atoms with E-state index in [4.69, 9.17) is 0 Å². The van der Waals surface area contributed by atoms with Crippen molar-refractivity contribution >= 4 is 11.6 Å². The predicted octanol–water partition coefficient (Wildman–Crippen LogP) is 2.32. The van der Waals surface area contributed by atoms with Crippen LogP contribution in [0.25, 0.3) is 0 Å². The van der Waals surface area contributed by atoms with Gasteiger partial charge in [0.2, 0.25) is 0 Å².